The lowest BCUT2D eigenvalue weighted by Gasteiger charge is -2.24. The summed E-state index contributed by atoms with van der Waals surface area (Å²) >= 11 is 0. The largest absolute Gasteiger partial charge is 0.388 e. The van der Waals surface area contributed by atoms with Crippen LogP contribution in [-0.4, -0.2) is 29.7 Å². The number of rotatable bonds is 5. The molecule has 0 aromatic rings. The summed E-state index contributed by atoms with van der Waals surface area (Å²) in [6.45, 7) is 9.33. The molecule has 12 heavy (non-hydrogen) atoms. The van der Waals surface area contributed by atoms with Gasteiger partial charge >= 0.3 is 0 Å². The molecule has 0 aliphatic carbocycles. The van der Waals surface area contributed by atoms with Crippen LogP contribution in [-0.2, 0) is 9.47 Å². The fraction of sp³-hybridized carbons (Fsp3) is 1.00. The van der Waals surface area contributed by atoms with E-state index in [0.717, 1.165) is 0 Å². The summed E-state index contributed by atoms with van der Waals surface area (Å²) in [6.07, 6.45) is -0.952. The van der Waals surface area contributed by atoms with E-state index in [0.29, 0.717) is 0 Å². The van der Waals surface area contributed by atoms with Gasteiger partial charge in [-0.15, -0.1) is 0 Å². The van der Waals surface area contributed by atoms with Crippen molar-refractivity contribution in [1.29, 1.82) is 0 Å². The number of hydrogen-bond donors (Lipinski definition) is 1. The van der Waals surface area contributed by atoms with Gasteiger partial charge in [-0.25, -0.2) is 0 Å². The maximum atomic E-state index is 9.26. The Morgan fingerprint density at radius 3 is 1.33 bits per heavy atom. The lowest BCUT2D eigenvalue weighted by atomic mass is 10.3. The van der Waals surface area contributed by atoms with Gasteiger partial charge in [0, 0.05) is 0 Å². The van der Waals surface area contributed by atoms with Gasteiger partial charge in [-0.05, 0) is 34.6 Å². The summed E-state index contributed by atoms with van der Waals surface area (Å²) in [5, 5.41) is 9.26. The molecule has 3 heteroatoms. The van der Waals surface area contributed by atoms with Crippen LogP contribution in [0, 0.1) is 0 Å². The first-order valence-corrected chi connectivity index (χ1v) is 4.42. The molecule has 1 N–H and O–H groups in total. The first-order valence-electron chi connectivity index (χ1n) is 4.42. The minimum atomic E-state index is -0.588. The highest BCUT2D eigenvalue weighted by atomic mass is 16.7. The van der Waals surface area contributed by atoms with Crippen LogP contribution in [0.1, 0.15) is 34.6 Å². The Morgan fingerprint density at radius 2 is 1.17 bits per heavy atom. The van der Waals surface area contributed by atoms with Crippen LogP contribution >= 0.6 is 0 Å². The topological polar surface area (TPSA) is 38.7 Å². The fourth-order valence-corrected chi connectivity index (χ4v) is 0.796. The molecule has 0 saturated heterocycles. The van der Waals surface area contributed by atoms with Gasteiger partial charge in [0.25, 0.3) is 0 Å². The van der Waals surface area contributed by atoms with Crippen molar-refractivity contribution in [3.05, 3.63) is 0 Å². The molecule has 0 saturated carbocycles. The van der Waals surface area contributed by atoms with Crippen LogP contribution in [0.25, 0.3) is 0 Å². The highest BCUT2D eigenvalue weighted by Crippen LogP contribution is 2.07. The molecule has 0 rings (SSSR count). The van der Waals surface area contributed by atoms with E-state index in [-0.39, 0.29) is 12.2 Å². The van der Waals surface area contributed by atoms with Crippen molar-refractivity contribution < 1.29 is 14.6 Å². The standard InChI is InChI=1S/C9H20O3/c1-6(2)11-9(8(5)10)12-7(3)4/h6-10H,1-5H3. The summed E-state index contributed by atoms with van der Waals surface area (Å²) in [5.74, 6) is 0. The zero-order valence-corrected chi connectivity index (χ0v) is 8.57. The van der Waals surface area contributed by atoms with E-state index in [1.54, 1.807) is 6.92 Å². The molecule has 0 radical (unpaired) electrons. The van der Waals surface area contributed by atoms with Crippen LogP contribution in [0.3, 0.4) is 0 Å². The quantitative estimate of drug-likeness (QED) is 0.646. The molecular formula is C9H20O3. The second kappa shape index (κ2) is 5.51. The van der Waals surface area contributed by atoms with Crippen molar-refractivity contribution in [2.45, 2.75) is 59.2 Å². The van der Waals surface area contributed by atoms with Gasteiger partial charge in [0.1, 0.15) is 6.10 Å². The lowest BCUT2D eigenvalue weighted by Crippen LogP contribution is -2.33. The molecule has 3 nitrogen and oxygen atoms in total. The molecule has 0 heterocycles. The second-order valence-electron chi connectivity index (χ2n) is 3.48. The normalized spacial score (nSPS) is 14.8. The minimum Gasteiger partial charge on any atom is -0.388 e. The van der Waals surface area contributed by atoms with E-state index < -0.39 is 12.4 Å². The van der Waals surface area contributed by atoms with E-state index in [1.807, 2.05) is 27.7 Å². The average molecular weight is 176 g/mol. The van der Waals surface area contributed by atoms with Gasteiger partial charge in [0.15, 0.2) is 6.29 Å². The minimum absolute atomic E-state index is 0.0725. The van der Waals surface area contributed by atoms with Crippen LogP contribution in [0.15, 0.2) is 0 Å². The van der Waals surface area contributed by atoms with Crippen LogP contribution < -0.4 is 0 Å². The highest BCUT2D eigenvalue weighted by molar-refractivity contribution is 4.56. The average Bonchev–Trinajstić information content (AvgIpc) is 1.83. The predicted molar refractivity (Wildman–Crippen MR) is 47.9 cm³/mol. The molecule has 0 aliphatic rings. The third kappa shape index (κ3) is 5.52. The van der Waals surface area contributed by atoms with Crippen molar-refractivity contribution in [2.24, 2.45) is 0 Å². The van der Waals surface area contributed by atoms with Gasteiger partial charge < -0.3 is 14.6 Å². The molecule has 1 atom stereocenters. The van der Waals surface area contributed by atoms with E-state index in [2.05, 4.69) is 0 Å². The SMILES string of the molecule is CC(C)OC(OC(C)C)C(C)O. The van der Waals surface area contributed by atoms with E-state index in [1.165, 1.54) is 0 Å². The van der Waals surface area contributed by atoms with E-state index in [4.69, 9.17) is 9.47 Å². The van der Waals surface area contributed by atoms with Gasteiger partial charge in [-0.2, -0.15) is 0 Å². The third-order valence-electron chi connectivity index (χ3n) is 1.21. The first kappa shape index (κ1) is 11.9. The summed E-state index contributed by atoms with van der Waals surface area (Å²) in [5.41, 5.74) is 0. The molecule has 1 unspecified atom stereocenters. The van der Waals surface area contributed by atoms with Crippen molar-refractivity contribution in [3.8, 4) is 0 Å². The molecule has 0 aromatic heterocycles. The molecule has 0 amide bonds. The van der Waals surface area contributed by atoms with Crippen LogP contribution in [0.5, 0.6) is 0 Å². The molecule has 0 fully saturated rings. The molecule has 0 aliphatic heterocycles. The Balaban J connectivity index is 3.87. The Hall–Kier alpha value is -0.120. The number of aliphatic hydroxyl groups is 1. The number of ether oxygens (including phenoxy) is 2. The summed E-state index contributed by atoms with van der Waals surface area (Å²) in [7, 11) is 0. The summed E-state index contributed by atoms with van der Waals surface area (Å²) in [4.78, 5) is 0. The Kier molecular flexibility index (Phi) is 5.46. The van der Waals surface area contributed by atoms with E-state index >= 15 is 0 Å². The first-order chi connectivity index (χ1) is 5.43. The Labute approximate surface area is 74.7 Å². The summed E-state index contributed by atoms with van der Waals surface area (Å²) in [6, 6.07) is 0. The van der Waals surface area contributed by atoms with Gasteiger partial charge in [-0.1, -0.05) is 0 Å². The van der Waals surface area contributed by atoms with Crippen LogP contribution in [0.4, 0.5) is 0 Å². The molecular weight excluding hydrogens is 156 g/mol. The van der Waals surface area contributed by atoms with Crippen LogP contribution in [0.2, 0.25) is 0 Å². The van der Waals surface area contributed by atoms with Crippen molar-refractivity contribution in [3.63, 3.8) is 0 Å². The molecule has 0 bridgehead atoms. The second-order valence-corrected chi connectivity index (χ2v) is 3.48. The zero-order chi connectivity index (χ0) is 9.72. The lowest BCUT2D eigenvalue weighted by molar-refractivity contribution is -0.220. The monoisotopic (exact) mass is 176 g/mol. The fourth-order valence-electron chi connectivity index (χ4n) is 0.796. The van der Waals surface area contributed by atoms with Crippen molar-refractivity contribution >= 4 is 0 Å². The molecule has 0 spiro atoms. The van der Waals surface area contributed by atoms with E-state index in [9.17, 15) is 5.11 Å². The maximum absolute atomic E-state index is 9.26. The van der Waals surface area contributed by atoms with Gasteiger partial charge in [0.2, 0.25) is 0 Å². The number of aliphatic hydroxyl groups excluding tert-OH is 1. The predicted octanol–water partition coefficient (Wildman–Crippen LogP) is 1.54. The third-order valence-corrected chi connectivity index (χ3v) is 1.21. The van der Waals surface area contributed by atoms with Gasteiger partial charge in [-0.3, -0.25) is 0 Å². The number of hydrogen-bond acceptors (Lipinski definition) is 3. The molecule has 74 valence electrons. The van der Waals surface area contributed by atoms with Crippen molar-refractivity contribution in [1.82, 2.24) is 0 Å². The zero-order valence-electron chi connectivity index (χ0n) is 8.57. The Bertz CT molecular complexity index is 100. The van der Waals surface area contributed by atoms with Gasteiger partial charge in [0.05, 0.1) is 12.2 Å². The summed E-state index contributed by atoms with van der Waals surface area (Å²) < 4.78 is 10.7. The molecule has 0 aromatic carbocycles. The Morgan fingerprint density at radius 1 is 0.833 bits per heavy atom. The maximum Gasteiger partial charge on any atom is 0.183 e. The van der Waals surface area contributed by atoms with Crippen molar-refractivity contribution in [2.75, 3.05) is 0 Å². The highest BCUT2D eigenvalue weighted by Gasteiger charge is 2.18. The smallest absolute Gasteiger partial charge is 0.183 e.